The van der Waals surface area contributed by atoms with Gasteiger partial charge in [-0.15, -0.1) is 0 Å². The molecule has 0 unspecified atom stereocenters. The molecule has 4 rings (SSSR count). The second-order valence-corrected chi connectivity index (χ2v) is 9.93. The van der Waals surface area contributed by atoms with Crippen LogP contribution >= 0.6 is 0 Å². The van der Waals surface area contributed by atoms with Crippen molar-refractivity contribution >= 4 is 11.8 Å². The number of hydrogen-bond donors (Lipinski definition) is 3. The zero-order valence-corrected chi connectivity index (χ0v) is 15.3. The van der Waals surface area contributed by atoms with Crippen molar-refractivity contribution in [1.29, 1.82) is 0 Å². The number of carboxylic acids is 1. The Kier molecular flexibility index (Phi) is 3.54. The largest absolute Gasteiger partial charge is 0.481 e. The van der Waals surface area contributed by atoms with Crippen LogP contribution in [0.5, 0.6) is 0 Å². The van der Waals surface area contributed by atoms with Gasteiger partial charge in [-0.05, 0) is 62.7 Å². The molecule has 3 N–H and O–H groups in total. The number of rotatable bonds is 2. The standard InChI is InChI=1S/C20H30O5/c1-17-5-3-6-18(2,16(24)25)13(17)8-14(22)20-9-15(23)19(10-20,11-21)7-4-12(17)20/h12-14,21-22H,3-11H2,1-2H3,(H,24,25)/t12-,13-,14-,17-,18+,19-,20+/m0/s1. The number of carbonyl (C=O) groups is 2. The van der Waals surface area contributed by atoms with E-state index in [0.29, 0.717) is 32.1 Å². The van der Waals surface area contributed by atoms with Crippen LogP contribution in [0.3, 0.4) is 0 Å². The molecular formula is C20H30O5. The number of fused-ring (bicyclic) bond motifs is 3. The summed E-state index contributed by atoms with van der Waals surface area (Å²) in [6.07, 6.45) is 4.75. The van der Waals surface area contributed by atoms with Crippen LogP contribution in [0.4, 0.5) is 0 Å². The third-order valence-corrected chi connectivity index (χ3v) is 9.04. The minimum Gasteiger partial charge on any atom is -0.481 e. The second kappa shape index (κ2) is 5.07. The highest BCUT2D eigenvalue weighted by Crippen LogP contribution is 2.72. The molecule has 2 bridgehead atoms. The van der Waals surface area contributed by atoms with Crippen LogP contribution < -0.4 is 0 Å². The molecule has 0 heterocycles. The van der Waals surface area contributed by atoms with Gasteiger partial charge in [0.1, 0.15) is 5.78 Å². The number of hydrogen-bond acceptors (Lipinski definition) is 4. The molecule has 4 saturated carbocycles. The van der Waals surface area contributed by atoms with Gasteiger partial charge in [-0.2, -0.15) is 0 Å². The molecule has 4 fully saturated rings. The van der Waals surface area contributed by atoms with Crippen molar-refractivity contribution in [2.24, 2.45) is 33.5 Å². The lowest BCUT2D eigenvalue weighted by Gasteiger charge is -2.65. The maximum atomic E-state index is 12.7. The first-order chi connectivity index (χ1) is 11.6. The Morgan fingerprint density at radius 1 is 1.20 bits per heavy atom. The van der Waals surface area contributed by atoms with Gasteiger partial charge in [-0.1, -0.05) is 13.3 Å². The van der Waals surface area contributed by atoms with Crippen molar-refractivity contribution in [3.05, 3.63) is 0 Å². The van der Waals surface area contributed by atoms with E-state index in [0.717, 1.165) is 19.3 Å². The van der Waals surface area contributed by atoms with E-state index in [4.69, 9.17) is 0 Å². The molecule has 0 amide bonds. The summed E-state index contributed by atoms with van der Waals surface area (Å²) in [7, 11) is 0. The molecule has 25 heavy (non-hydrogen) atoms. The summed E-state index contributed by atoms with van der Waals surface area (Å²) in [5.74, 6) is -0.543. The zero-order valence-electron chi connectivity index (χ0n) is 15.3. The molecule has 0 aromatic carbocycles. The zero-order chi connectivity index (χ0) is 18.3. The number of carboxylic acid groups (broad SMARTS) is 1. The Bertz CT molecular complexity index is 632. The summed E-state index contributed by atoms with van der Waals surface area (Å²) >= 11 is 0. The van der Waals surface area contributed by atoms with Crippen LogP contribution in [0.15, 0.2) is 0 Å². The highest BCUT2D eigenvalue weighted by atomic mass is 16.4. The molecule has 4 aliphatic carbocycles. The fourth-order valence-electron chi connectivity index (χ4n) is 7.71. The van der Waals surface area contributed by atoms with E-state index in [1.807, 2.05) is 6.92 Å². The van der Waals surface area contributed by atoms with Crippen LogP contribution in [0, 0.1) is 33.5 Å². The predicted molar refractivity (Wildman–Crippen MR) is 90.7 cm³/mol. The fourth-order valence-corrected chi connectivity index (χ4v) is 7.71. The summed E-state index contributed by atoms with van der Waals surface area (Å²) in [5, 5.41) is 30.9. The Hall–Kier alpha value is -0.940. The lowest BCUT2D eigenvalue weighted by atomic mass is 9.39. The average Bonchev–Trinajstić information content (AvgIpc) is 2.78. The number of aliphatic hydroxyl groups excluding tert-OH is 2. The Labute approximate surface area is 148 Å². The van der Waals surface area contributed by atoms with Crippen LogP contribution in [-0.4, -0.2) is 39.8 Å². The summed E-state index contributed by atoms with van der Waals surface area (Å²) in [4.78, 5) is 24.8. The smallest absolute Gasteiger partial charge is 0.309 e. The van der Waals surface area contributed by atoms with E-state index in [2.05, 4.69) is 6.92 Å². The first-order valence-corrected chi connectivity index (χ1v) is 9.70. The highest BCUT2D eigenvalue weighted by Gasteiger charge is 2.71. The van der Waals surface area contributed by atoms with Crippen LogP contribution in [0.2, 0.25) is 0 Å². The van der Waals surface area contributed by atoms with E-state index < -0.39 is 28.3 Å². The Morgan fingerprint density at radius 2 is 1.92 bits per heavy atom. The molecule has 4 aliphatic rings. The molecular weight excluding hydrogens is 320 g/mol. The quantitative estimate of drug-likeness (QED) is 0.711. The van der Waals surface area contributed by atoms with Gasteiger partial charge in [0.2, 0.25) is 0 Å². The third kappa shape index (κ3) is 1.92. The number of aliphatic hydroxyl groups is 2. The van der Waals surface area contributed by atoms with E-state index in [-0.39, 0.29) is 29.6 Å². The topological polar surface area (TPSA) is 94.8 Å². The van der Waals surface area contributed by atoms with Crippen LogP contribution in [0.25, 0.3) is 0 Å². The van der Waals surface area contributed by atoms with Crippen molar-refractivity contribution in [2.75, 3.05) is 6.61 Å². The van der Waals surface area contributed by atoms with Crippen molar-refractivity contribution in [1.82, 2.24) is 0 Å². The van der Waals surface area contributed by atoms with Gasteiger partial charge >= 0.3 is 5.97 Å². The van der Waals surface area contributed by atoms with Gasteiger partial charge in [0.05, 0.1) is 23.5 Å². The molecule has 140 valence electrons. The van der Waals surface area contributed by atoms with E-state index in [9.17, 15) is 24.9 Å². The van der Waals surface area contributed by atoms with Gasteiger partial charge in [0.15, 0.2) is 0 Å². The monoisotopic (exact) mass is 350 g/mol. The molecule has 0 aliphatic heterocycles. The van der Waals surface area contributed by atoms with Gasteiger partial charge < -0.3 is 15.3 Å². The molecule has 0 aromatic rings. The first-order valence-electron chi connectivity index (χ1n) is 9.70. The molecule has 0 radical (unpaired) electrons. The van der Waals surface area contributed by atoms with Gasteiger partial charge in [0, 0.05) is 11.8 Å². The SMILES string of the molecule is C[C@@]12CCC[C@@](C)(C(=O)O)[C@H]1C[C@H](O)[C@@]13CC(=O)[C@@](CO)(CC[C@@H]21)C3. The molecule has 5 heteroatoms. The minimum absolute atomic E-state index is 0.0609. The van der Waals surface area contributed by atoms with Crippen molar-refractivity contribution in [3.8, 4) is 0 Å². The number of aliphatic carboxylic acids is 1. The molecule has 0 aromatic heterocycles. The first kappa shape index (κ1) is 17.5. The summed E-state index contributed by atoms with van der Waals surface area (Å²) < 4.78 is 0. The normalized spacial score (nSPS) is 54.7. The Morgan fingerprint density at radius 3 is 2.56 bits per heavy atom. The van der Waals surface area contributed by atoms with E-state index >= 15 is 0 Å². The lowest BCUT2D eigenvalue weighted by molar-refractivity contribution is -0.213. The van der Waals surface area contributed by atoms with E-state index in [1.165, 1.54) is 0 Å². The lowest BCUT2D eigenvalue weighted by Crippen LogP contribution is -2.63. The molecule has 7 atom stereocenters. The summed E-state index contributed by atoms with van der Waals surface area (Å²) in [6, 6.07) is 0. The minimum atomic E-state index is -0.802. The molecule has 0 saturated heterocycles. The maximum absolute atomic E-state index is 12.7. The van der Waals surface area contributed by atoms with Crippen LogP contribution in [-0.2, 0) is 9.59 Å². The van der Waals surface area contributed by atoms with Crippen molar-refractivity contribution < 1.29 is 24.9 Å². The highest BCUT2D eigenvalue weighted by molar-refractivity contribution is 5.89. The van der Waals surface area contributed by atoms with Crippen molar-refractivity contribution in [3.63, 3.8) is 0 Å². The second-order valence-electron chi connectivity index (χ2n) is 9.93. The number of ketones is 1. The van der Waals surface area contributed by atoms with Crippen LogP contribution in [0.1, 0.15) is 65.2 Å². The van der Waals surface area contributed by atoms with Crippen molar-refractivity contribution in [2.45, 2.75) is 71.3 Å². The third-order valence-electron chi connectivity index (χ3n) is 9.04. The van der Waals surface area contributed by atoms with Gasteiger partial charge in [-0.25, -0.2) is 0 Å². The fraction of sp³-hybridized carbons (Fsp3) is 0.900. The van der Waals surface area contributed by atoms with E-state index in [1.54, 1.807) is 0 Å². The summed E-state index contributed by atoms with van der Waals surface area (Å²) in [5.41, 5.74) is -2.08. The van der Waals surface area contributed by atoms with Gasteiger partial charge in [0.25, 0.3) is 0 Å². The average molecular weight is 350 g/mol. The maximum Gasteiger partial charge on any atom is 0.309 e. The predicted octanol–water partition coefficient (Wildman–Crippen LogP) is 2.39. The Balaban J connectivity index is 1.79. The molecule has 5 nitrogen and oxygen atoms in total. The van der Waals surface area contributed by atoms with Gasteiger partial charge in [-0.3, -0.25) is 9.59 Å². The molecule has 1 spiro atoms. The summed E-state index contributed by atoms with van der Waals surface area (Å²) in [6.45, 7) is 3.94. The number of Topliss-reactive ketones (excluding diaryl/α,β-unsaturated/α-hetero) is 1. The number of carbonyl (C=O) groups excluding carboxylic acids is 1.